The van der Waals surface area contributed by atoms with Gasteiger partial charge in [-0.2, -0.15) is 0 Å². The van der Waals surface area contributed by atoms with Gasteiger partial charge < -0.3 is 0 Å². The summed E-state index contributed by atoms with van der Waals surface area (Å²) in [6, 6.07) is 25.2. The molecule has 0 unspecified atom stereocenters. The highest BCUT2D eigenvalue weighted by Crippen LogP contribution is 2.18. The van der Waals surface area contributed by atoms with Gasteiger partial charge in [0, 0.05) is 5.02 Å². The highest BCUT2D eigenvalue weighted by Gasteiger charge is 1.99. The van der Waals surface area contributed by atoms with E-state index in [1.165, 1.54) is 27.8 Å². The lowest BCUT2D eigenvalue weighted by atomic mass is 9.99. The van der Waals surface area contributed by atoms with E-state index in [9.17, 15) is 0 Å². The minimum atomic E-state index is 0.595. The molecule has 0 aliphatic heterocycles. The summed E-state index contributed by atoms with van der Waals surface area (Å²) in [5.74, 6) is 1.90. The maximum absolute atomic E-state index is 5.72. The van der Waals surface area contributed by atoms with Crippen molar-refractivity contribution in [2.75, 3.05) is 0 Å². The second-order valence-corrected chi connectivity index (χ2v) is 9.22. The first-order chi connectivity index (χ1) is 14.1. The SMILES string of the molecule is CC(C)c1ccc(Cl)cc1.Cc1cccc(C(C)C)c1.Cc1ccccc1C(C)C. The van der Waals surface area contributed by atoms with E-state index >= 15 is 0 Å². The van der Waals surface area contributed by atoms with Crippen LogP contribution < -0.4 is 0 Å². The van der Waals surface area contributed by atoms with Crippen LogP contribution in [0.4, 0.5) is 0 Å². The van der Waals surface area contributed by atoms with Crippen molar-refractivity contribution in [1.29, 1.82) is 0 Å². The summed E-state index contributed by atoms with van der Waals surface area (Å²) in [7, 11) is 0. The number of rotatable bonds is 3. The second-order valence-electron chi connectivity index (χ2n) is 8.79. The number of hydrogen-bond donors (Lipinski definition) is 0. The number of hydrogen-bond acceptors (Lipinski definition) is 0. The third kappa shape index (κ3) is 9.63. The second kappa shape index (κ2) is 13.3. The minimum absolute atomic E-state index is 0.595. The molecule has 0 amide bonds. The maximum atomic E-state index is 5.72. The molecule has 3 rings (SSSR count). The van der Waals surface area contributed by atoms with Crippen LogP contribution >= 0.6 is 11.6 Å². The van der Waals surface area contributed by atoms with Gasteiger partial charge in [-0.25, -0.2) is 0 Å². The Hall–Kier alpha value is -2.05. The van der Waals surface area contributed by atoms with Crippen molar-refractivity contribution in [1.82, 2.24) is 0 Å². The predicted molar refractivity (Wildman–Crippen MR) is 136 cm³/mol. The van der Waals surface area contributed by atoms with Crippen LogP contribution in [0.15, 0.2) is 72.8 Å². The zero-order valence-electron chi connectivity index (χ0n) is 20.0. The Morgan fingerprint density at radius 2 is 1.13 bits per heavy atom. The average Bonchev–Trinajstić information content (AvgIpc) is 2.69. The molecule has 0 fully saturated rings. The lowest BCUT2D eigenvalue weighted by Crippen LogP contribution is -1.89. The van der Waals surface area contributed by atoms with Crippen LogP contribution in [0.1, 0.15) is 87.1 Å². The molecule has 0 nitrogen and oxygen atoms in total. The Bertz CT molecular complexity index is 858. The number of halogens is 1. The van der Waals surface area contributed by atoms with Crippen LogP contribution in [0.2, 0.25) is 5.02 Å². The van der Waals surface area contributed by atoms with E-state index < -0.39 is 0 Å². The van der Waals surface area contributed by atoms with Crippen LogP contribution in [-0.2, 0) is 0 Å². The highest BCUT2D eigenvalue weighted by molar-refractivity contribution is 6.30. The summed E-state index contributed by atoms with van der Waals surface area (Å²) in [6.07, 6.45) is 0. The third-order valence-corrected chi connectivity index (χ3v) is 5.31. The molecule has 0 radical (unpaired) electrons. The third-order valence-electron chi connectivity index (χ3n) is 5.06. The Balaban J connectivity index is 0.000000225. The lowest BCUT2D eigenvalue weighted by molar-refractivity contribution is 0.856. The molecule has 0 aliphatic rings. The monoisotopic (exact) mass is 422 g/mol. The highest BCUT2D eigenvalue weighted by atomic mass is 35.5. The van der Waals surface area contributed by atoms with Gasteiger partial charge in [-0.1, -0.05) is 119 Å². The molecular formula is C29H39Cl. The summed E-state index contributed by atoms with van der Waals surface area (Å²) in [5, 5.41) is 0.810. The van der Waals surface area contributed by atoms with Gasteiger partial charge in [0.15, 0.2) is 0 Å². The molecule has 0 heterocycles. The summed E-state index contributed by atoms with van der Waals surface area (Å²) in [4.78, 5) is 0. The van der Waals surface area contributed by atoms with Crippen molar-refractivity contribution in [2.24, 2.45) is 0 Å². The smallest absolute Gasteiger partial charge is 0.0406 e. The Kier molecular flexibility index (Phi) is 11.5. The van der Waals surface area contributed by atoms with Gasteiger partial charge >= 0.3 is 0 Å². The van der Waals surface area contributed by atoms with Crippen molar-refractivity contribution in [3.8, 4) is 0 Å². The van der Waals surface area contributed by atoms with Crippen LogP contribution in [0.25, 0.3) is 0 Å². The lowest BCUT2D eigenvalue weighted by Gasteiger charge is -2.07. The summed E-state index contributed by atoms with van der Waals surface area (Å²) >= 11 is 5.72. The zero-order chi connectivity index (χ0) is 22.7. The molecule has 3 aromatic rings. The van der Waals surface area contributed by atoms with Crippen molar-refractivity contribution in [3.05, 3.63) is 106 Å². The Morgan fingerprint density at radius 3 is 1.53 bits per heavy atom. The normalized spacial score (nSPS) is 10.4. The predicted octanol–water partition coefficient (Wildman–Crippen LogP) is 9.70. The number of aryl methyl sites for hydroxylation is 2. The van der Waals surface area contributed by atoms with Crippen LogP contribution in [0.5, 0.6) is 0 Å². The van der Waals surface area contributed by atoms with E-state index in [1.807, 2.05) is 12.1 Å². The van der Waals surface area contributed by atoms with Gasteiger partial charge in [-0.15, -0.1) is 0 Å². The van der Waals surface area contributed by atoms with Gasteiger partial charge in [0.05, 0.1) is 0 Å². The number of benzene rings is 3. The van der Waals surface area contributed by atoms with Crippen molar-refractivity contribution in [2.45, 2.75) is 73.1 Å². The first kappa shape index (κ1) is 26.0. The van der Waals surface area contributed by atoms with E-state index in [0.29, 0.717) is 17.8 Å². The molecule has 0 aromatic heterocycles. The van der Waals surface area contributed by atoms with E-state index in [2.05, 4.69) is 116 Å². The molecule has 0 aliphatic carbocycles. The van der Waals surface area contributed by atoms with Crippen molar-refractivity contribution >= 4 is 11.6 Å². The van der Waals surface area contributed by atoms with Crippen LogP contribution in [-0.4, -0.2) is 0 Å². The summed E-state index contributed by atoms with van der Waals surface area (Å²) in [6.45, 7) is 17.5. The fraction of sp³-hybridized carbons (Fsp3) is 0.379. The molecule has 0 saturated carbocycles. The molecule has 0 N–H and O–H groups in total. The van der Waals surface area contributed by atoms with Crippen LogP contribution in [0.3, 0.4) is 0 Å². The summed E-state index contributed by atoms with van der Waals surface area (Å²) < 4.78 is 0. The van der Waals surface area contributed by atoms with Crippen molar-refractivity contribution < 1.29 is 0 Å². The van der Waals surface area contributed by atoms with E-state index in [-0.39, 0.29) is 0 Å². The minimum Gasteiger partial charge on any atom is -0.0843 e. The molecular weight excluding hydrogens is 384 g/mol. The molecule has 0 bridgehead atoms. The van der Waals surface area contributed by atoms with Crippen LogP contribution in [0, 0.1) is 13.8 Å². The standard InChI is InChI=1S/2C10H14.C9H11Cl/c1-8(2)10-6-4-5-9(3)7-10;1-8(2)10-7-5-4-6-9(10)3;1-7(2)8-3-5-9(10)6-4-8/h2*4-8H,1-3H3;3-7H,1-2H3. The van der Waals surface area contributed by atoms with Crippen molar-refractivity contribution in [3.63, 3.8) is 0 Å². The topological polar surface area (TPSA) is 0 Å². The summed E-state index contributed by atoms with van der Waals surface area (Å²) in [5.41, 5.74) is 6.98. The van der Waals surface area contributed by atoms with Gasteiger partial charge in [-0.05, 0) is 66.0 Å². The average molecular weight is 423 g/mol. The van der Waals surface area contributed by atoms with Gasteiger partial charge in [0.25, 0.3) is 0 Å². The van der Waals surface area contributed by atoms with Gasteiger partial charge in [-0.3, -0.25) is 0 Å². The van der Waals surface area contributed by atoms with Gasteiger partial charge in [0.2, 0.25) is 0 Å². The maximum Gasteiger partial charge on any atom is 0.0406 e. The van der Waals surface area contributed by atoms with E-state index in [0.717, 1.165) is 5.02 Å². The van der Waals surface area contributed by atoms with Gasteiger partial charge in [0.1, 0.15) is 0 Å². The zero-order valence-corrected chi connectivity index (χ0v) is 20.8. The fourth-order valence-electron chi connectivity index (χ4n) is 3.11. The molecule has 1 heteroatoms. The Morgan fingerprint density at radius 1 is 0.567 bits per heavy atom. The quantitative estimate of drug-likeness (QED) is 0.394. The van der Waals surface area contributed by atoms with E-state index in [4.69, 9.17) is 11.6 Å². The molecule has 0 saturated heterocycles. The first-order valence-electron chi connectivity index (χ1n) is 11.0. The molecule has 0 spiro atoms. The molecule has 0 atom stereocenters. The Labute approximate surface area is 190 Å². The van der Waals surface area contributed by atoms with E-state index in [1.54, 1.807) is 0 Å². The first-order valence-corrected chi connectivity index (χ1v) is 11.4. The molecule has 162 valence electrons. The fourth-order valence-corrected chi connectivity index (χ4v) is 3.24. The molecule has 3 aromatic carbocycles. The molecule has 30 heavy (non-hydrogen) atoms. The largest absolute Gasteiger partial charge is 0.0843 e.